The summed E-state index contributed by atoms with van der Waals surface area (Å²) in [5, 5.41) is 2.78. The SMILES string of the molecule is CNc1nc(Cl)nc(N(C)CC(N)=O)n1. The monoisotopic (exact) mass is 230 g/mol. The molecule has 0 aliphatic carbocycles. The predicted molar refractivity (Wildman–Crippen MR) is 56.8 cm³/mol. The van der Waals surface area contributed by atoms with Crippen molar-refractivity contribution >= 4 is 29.4 Å². The van der Waals surface area contributed by atoms with Crippen molar-refractivity contribution in [3.8, 4) is 0 Å². The molecular formula is C7H11ClN6O. The van der Waals surface area contributed by atoms with Crippen LogP contribution >= 0.6 is 11.6 Å². The third-order valence-corrected chi connectivity index (χ3v) is 1.72. The highest BCUT2D eigenvalue weighted by Gasteiger charge is 2.10. The lowest BCUT2D eigenvalue weighted by atomic mass is 10.5. The Kier molecular flexibility index (Phi) is 3.62. The minimum atomic E-state index is -0.472. The molecule has 0 saturated heterocycles. The van der Waals surface area contributed by atoms with Crippen molar-refractivity contribution in [1.29, 1.82) is 0 Å². The Morgan fingerprint density at radius 3 is 2.73 bits per heavy atom. The number of primary amides is 1. The maximum absolute atomic E-state index is 10.7. The number of anilines is 2. The van der Waals surface area contributed by atoms with Gasteiger partial charge in [0.25, 0.3) is 0 Å². The molecule has 0 aliphatic rings. The van der Waals surface area contributed by atoms with Gasteiger partial charge in [-0.15, -0.1) is 0 Å². The van der Waals surface area contributed by atoms with E-state index < -0.39 is 5.91 Å². The minimum absolute atomic E-state index is 0.0174. The van der Waals surface area contributed by atoms with E-state index in [2.05, 4.69) is 20.3 Å². The van der Waals surface area contributed by atoms with E-state index in [1.807, 2.05) is 0 Å². The van der Waals surface area contributed by atoms with Crippen LogP contribution < -0.4 is 16.0 Å². The lowest BCUT2D eigenvalue weighted by Gasteiger charge is -2.14. The van der Waals surface area contributed by atoms with Crippen molar-refractivity contribution in [2.75, 3.05) is 30.9 Å². The number of rotatable bonds is 4. The number of hydrogen-bond acceptors (Lipinski definition) is 6. The molecule has 0 unspecified atom stereocenters. The second kappa shape index (κ2) is 4.74. The summed E-state index contributed by atoms with van der Waals surface area (Å²) in [4.78, 5) is 23.8. The molecule has 1 aromatic heterocycles. The van der Waals surface area contributed by atoms with Crippen LogP contribution in [0.25, 0.3) is 0 Å². The Morgan fingerprint density at radius 1 is 1.53 bits per heavy atom. The van der Waals surface area contributed by atoms with Crippen LogP contribution in [-0.2, 0) is 4.79 Å². The molecule has 7 nitrogen and oxygen atoms in total. The largest absolute Gasteiger partial charge is 0.368 e. The zero-order chi connectivity index (χ0) is 11.4. The number of nitrogens with two attached hydrogens (primary N) is 1. The first kappa shape index (κ1) is 11.4. The Hall–Kier alpha value is -1.63. The van der Waals surface area contributed by atoms with E-state index >= 15 is 0 Å². The number of nitrogens with one attached hydrogen (secondary N) is 1. The molecular weight excluding hydrogens is 220 g/mol. The summed E-state index contributed by atoms with van der Waals surface area (Å²) in [6.45, 7) is 0.0174. The van der Waals surface area contributed by atoms with E-state index in [9.17, 15) is 4.79 Å². The van der Waals surface area contributed by atoms with Gasteiger partial charge in [-0.1, -0.05) is 0 Å². The van der Waals surface area contributed by atoms with Crippen molar-refractivity contribution in [2.24, 2.45) is 5.73 Å². The summed E-state index contributed by atoms with van der Waals surface area (Å²) in [5.41, 5.74) is 5.04. The fourth-order valence-corrected chi connectivity index (χ4v) is 1.08. The molecule has 0 spiro atoms. The highest BCUT2D eigenvalue weighted by Crippen LogP contribution is 2.11. The summed E-state index contributed by atoms with van der Waals surface area (Å²) in [5.74, 6) is 0.152. The summed E-state index contributed by atoms with van der Waals surface area (Å²) < 4.78 is 0. The van der Waals surface area contributed by atoms with Crippen LogP contribution in [0.5, 0.6) is 0 Å². The van der Waals surface area contributed by atoms with Gasteiger partial charge in [-0.3, -0.25) is 4.79 Å². The van der Waals surface area contributed by atoms with Crippen LogP contribution in [0.2, 0.25) is 5.28 Å². The number of likely N-dealkylation sites (N-methyl/N-ethyl adjacent to an activating group) is 1. The van der Waals surface area contributed by atoms with Crippen LogP contribution in [0, 0.1) is 0 Å². The van der Waals surface area contributed by atoms with Crippen LogP contribution in [0.1, 0.15) is 0 Å². The van der Waals surface area contributed by atoms with Gasteiger partial charge in [0.2, 0.25) is 23.1 Å². The molecule has 0 bridgehead atoms. The molecule has 15 heavy (non-hydrogen) atoms. The lowest BCUT2D eigenvalue weighted by Crippen LogP contribution is -2.31. The van der Waals surface area contributed by atoms with Crippen LogP contribution in [-0.4, -0.2) is 41.5 Å². The van der Waals surface area contributed by atoms with Gasteiger partial charge in [0.05, 0.1) is 6.54 Å². The number of hydrogen-bond donors (Lipinski definition) is 2. The number of carbonyl (C=O) groups excluding carboxylic acids is 1. The predicted octanol–water partition coefficient (Wildman–Crippen LogP) is -0.512. The first-order chi connectivity index (χ1) is 7.02. The third kappa shape index (κ3) is 3.21. The van der Waals surface area contributed by atoms with Gasteiger partial charge in [0, 0.05) is 14.1 Å². The Labute approximate surface area is 91.7 Å². The molecule has 0 fully saturated rings. The third-order valence-electron chi connectivity index (χ3n) is 1.55. The quantitative estimate of drug-likeness (QED) is 0.723. The van der Waals surface area contributed by atoms with Crippen LogP contribution in [0.3, 0.4) is 0 Å². The first-order valence-corrected chi connectivity index (χ1v) is 4.49. The maximum Gasteiger partial charge on any atom is 0.237 e. The Balaban J connectivity index is 2.92. The van der Waals surface area contributed by atoms with Crippen molar-refractivity contribution < 1.29 is 4.79 Å². The number of nitrogens with zero attached hydrogens (tertiary/aromatic N) is 4. The number of amides is 1. The average molecular weight is 231 g/mol. The summed E-state index contributed by atoms with van der Waals surface area (Å²) in [6, 6.07) is 0. The molecule has 1 heterocycles. The first-order valence-electron chi connectivity index (χ1n) is 4.11. The lowest BCUT2D eigenvalue weighted by molar-refractivity contribution is -0.116. The van der Waals surface area contributed by atoms with Crippen molar-refractivity contribution in [2.45, 2.75) is 0 Å². The molecule has 0 aliphatic heterocycles. The fraction of sp³-hybridized carbons (Fsp3) is 0.429. The van der Waals surface area contributed by atoms with Crippen LogP contribution in [0.15, 0.2) is 0 Å². The van der Waals surface area contributed by atoms with E-state index in [1.165, 1.54) is 4.90 Å². The van der Waals surface area contributed by atoms with Crippen molar-refractivity contribution in [1.82, 2.24) is 15.0 Å². The molecule has 0 aromatic carbocycles. The van der Waals surface area contributed by atoms with Gasteiger partial charge in [-0.2, -0.15) is 15.0 Å². The molecule has 0 saturated carbocycles. The zero-order valence-electron chi connectivity index (χ0n) is 8.36. The summed E-state index contributed by atoms with van der Waals surface area (Å²) >= 11 is 5.66. The second-order valence-corrected chi connectivity index (χ2v) is 3.14. The standard InChI is InChI=1S/C7H11ClN6O/c1-10-6-11-5(8)12-7(13-6)14(2)3-4(9)15/h3H2,1-2H3,(H2,9,15)(H,10,11,12,13). The number of carbonyl (C=O) groups is 1. The van der Waals surface area contributed by atoms with Gasteiger partial charge in [0.15, 0.2) is 0 Å². The van der Waals surface area contributed by atoms with Gasteiger partial charge in [-0.05, 0) is 11.6 Å². The average Bonchev–Trinajstić information content (AvgIpc) is 2.15. The second-order valence-electron chi connectivity index (χ2n) is 2.80. The van der Waals surface area contributed by atoms with Crippen molar-refractivity contribution in [3.63, 3.8) is 0 Å². The van der Waals surface area contributed by atoms with Gasteiger partial charge >= 0.3 is 0 Å². The van der Waals surface area contributed by atoms with E-state index in [0.717, 1.165) is 0 Å². The molecule has 1 aromatic rings. The van der Waals surface area contributed by atoms with Gasteiger partial charge in [-0.25, -0.2) is 0 Å². The van der Waals surface area contributed by atoms with Gasteiger partial charge in [0.1, 0.15) is 0 Å². The Morgan fingerprint density at radius 2 is 2.20 bits per heavy atom. The molecule has 3 N–H and O–H groups in total. The van der Waals surface area contributed by atoms with Crippen molar-refractivity contribution in [3.05, 3.63) is 5.28 Å². The smallest absolute Gasteiger partial charge is 0.237 e. The van der Waals surface area contributed by atoms with E-state index in [4.69, 9.17) is 17.3 Å². The van der Waals surface area contributed by atoms with E-state index in [-0.39, 0.29) is 17.8 Å². The van der Waals surface area contributed by atoms with E-state index in [0.29, 0.717) is 5.95 Å². The summed E-state index contributed by atoms with van der Waals surface area (Å²) in [7, 11) is 3.29. The van der Waals surface area contributed by atoms with Gasteiger partial charge < -0.3 is 16.0 Å². The number of aromatic nitrogens is 3. The summed E-state index contributed by atoms with van der Waals surface area (Å²) in [6.07, 6.45) is 0. The molecule has 82 valence electrons. The maximum atomic E-state index is 10.7. The molecule has 0 atom stereocenters. The molecule has 8 heteroatoms. The normalized spacial score (nSPS) is 9.80. The highest BCUT2D eigenvalue weighted by atomic mass is 35.5. The van der Waals surface area contributed by atoms with Crippen LogP contribution in [0.4, 0.5) is 11.9 Å². The highest BCUT2D eigenvalue weighted by molar-refractivity contribution is 6.28. The molecule has 1 amide bonds. The molecule has 0 radical (unpaired) electrons. The number of halogens is 1. The Bertz CT molecular complexity index is 370. The fourth-order valence-electron chi connectivity index (χ4n) is 0.927. The topological polar surface area (TPSA) is 97.0 Å². The van der Waals surface area contributed by atoms with E-state index in [1.54, 1.807) is 14.1 Å². The zero-order valence-corrected chi connectivity index (χ0v) is 9.12. The molecule has 1 rings (SSSR count). The minimum Gasteiger partial charge on any atom is -0.368 e.